The van der Waals surface area contributed by atoms with E-state index in [1.807, 2.05) is 0 Å². The summed E-state index contributed by atoms with van der Waals surface area (Å²) in [6.07, 6.45) is 0. The van der Waals surface area contributed by atoms with Gasteiger partial charge in [0, 0.05) is 0 Å². The highest BCUT2D eigenvalue weighted by molar-refractivity contribution is 7.89. The summed E-state index contributed by atoms with van der Waals surface area (Å²) in [5.41, 5.74) is 0.673. The van der Waals surface area contributed by atoms with Crippen LogP contribution in [0, 0.1) is 0 Å². The molecule has 0 unspecified atom stereocenters. The molecule has 17 heavy (non-hydrogen) atoms. The first-order chi connectivity index (χ1) is 8.15. The third kappa shape index (κ3) is 2.28. The van der Waals surface area contributed by atoms with Crippen molar-refractivity contribution in [2.45, 2.75) is 19.5 Å². The highest BCUT2D eigenvalue weighted by Gasteiger charge is 2.40. The summed E-state index contributed by atoms with van der Waals surface area (Å²) in [5.74, 6) is 0. The van der Waals surface area contributed by atoms with E-state index in [4.69, 9.17) is 0 Å². The van der Waals surface area contributed by atoms with E-state index in [-0.39, 0.29) is 0 Å². The molecule has 0 aliphatic carbocycles. The second kappa shape index (κ2) is 5.02. The summed E-state index contributed by atoms with van der Waals surface area (Å²) in [4.78, 5) is 0. The third-order valence-electron chi connectivity index (χ3n) is 3.62. The van der Waals surface area contributed by atoms with Crippen molar-refractivity contribution >= 4 is 17.9 Å². The zero-order chi connectivity index (χ0) is 12.3. The molecule has 0 aliphatic rings. The van der Waals surface area contributed by atoms with Gasteiger partial charge in [-0.1, -0.05) is 36.4 Å². The maximum absolute atomic E-state index is 2.45. The molecule has 2 aromatic rings. The quantitative estimate of drug-likeness (QED) is 0.721. The van der Waals surface area contributed by atoms with Gasteiger partial charge in [-0.25, -0.2) is 0 Å². The van der Waals surface area contributed by atoms with E-state index in [1.54, 1.807) is 0 Å². The van der Waals surface area contributed by atoms with Crippen LogP contribution in [0.25, 0.3) is 0 Å². The minimum atomic E-state index is -1.25. The van der Waals surface area contributed by atoms with Gasteiger partial charge in [0.15, 0.2) is 0 Å². The van der Waals surface area contributed by atoms with Crippen LogP contribution in [0.2, 0.25) is 0 Å². The Labute approximate surface area is 105 Å². The van der Waals surface area contributed by atoms with Crippen molar-refractivity contribution in [2.24, 2.45) is 0 Å². The van der Waals surface area contributed by atoms with Gasteiger partial charge < -0.3 is 0 Å². The van der Waals surface area contributed by atoms with Crippen molar-refractivity contribution in [3.05, 3.63) is 60.7 Å². The first-order valence-electron chi connectivity index (χ1n) is 6.13. The van der Waals surface area contributed by atoms with E-state index < -0.39 is 7.26 Å². The minimum absolute atomic E-state index is 0.673. The first kappa shape index (κ1) is 12.3. The van der Waals surface area contributed by atoms with Crippen LogP contribution in [0.15, 0.2) is 60.7 Å². The predicted molar refractivity (Wildman–Crippen MR) is 80.1 cm³/mol. The van der Waals surface area contributed by atoms with Gasteiger partial charge in [0.05, 0.1) is 30.2 Å². The first-order valence-corrected chi connectivity index (χ1v) is 8.43. The molecule has 0 radical (unpaired) electrons. The number of benzene rings is 2. The maximum atomic E-state index is 2.45. The average Bonchev–Trinajstić information content (AvgIpc) is 2.39. The maximum Gasteiger partial charge on any atom is 0.0991 e. The molecular weight excluding hydrogens is 223 g/mol. The van der Waals surface area contributed by atoms with Gasteiger partial charge in [-0.3, -0.25) is 0 Å². The molecule has 88 valence electrons. The monoisotopic (exact) mass is 243 g/mol. The molecule has 0 aromatic heterocycles. The Morgan fingerprint density at radius 2 is 1.06 bits per heavy atom. The summed E-state index contributed by atoms with van der Waals surface area (Å²) in [6.45, 7) is 7.13. The van der Waals surface area contributed by atoms with Crippen molar-refractivity contribution in [3.63, 3.8) is 0 Å². The van der Waals surface area contributed by atoms with Crippen LogP contribution in [0.4, 0.5) is 0 Å². The molecule has 0 saturated carbocycles. The normalized spacial score (nSPS) is 11.8. The van der Waals surface area contributed by atoms with Gasteiger partial charge >= 0.3 is 0 Å². The van der Waals surface area contributed by atoms with Gasteiger partial charge in [0.2, 0.25) is 0 Å². The van der Waals surface area contributed by atoms with Crippen LogP contribution < -0.4 is 10.6 Å². The molecule has 0 N–H and O–H groups in total. The predicted octanol–water partition coefficient (Wildman–Crippen LogP) is 3.69. The molecule has 0 spiro atoms. The Hall–Kier alpha value is -1.13. The Balaban J connectivity index is 2.55. The standard InChI is InChI=1S/C16H20P/c1-14(2)17(3,15-10-6-4-7-11-15)16-12-8-5-9-13-16/h4-14H,1-3H3/q+1. The summed E-state index contributed by atoms with van der Waals surface area (Å²) in [5, 5.41) is 3.00. The van der Waals surface area contributed by atoms with Crippen LogP contribution in [0.5, 0.6) is 0 Å². The van der Waals surface area contributed by atoms with E-state index in [0.29, 0.717) is 5.66 Å². The molecule has 0 fully saturated rings. The number of rotatable bonds is 3. The van der Waals surface area contributed by atoms with Crippen LogP contribution in [-0.2, 0) is 0 Å². The fourth-order valence-electron chi connectivity index (χ4n) is 2.22. The zero-order valence-electron chi connectivity index (χ0n) is 10.8. The fourth-order valence-corrected chi connectivity index (χ4v) is 5.29. The number of hydrogen-bond acceptors (Lipinski definition) is 0. The second-order valence-electron chi connectivity index (χ2n) is 4.84. The SMILES string of the molecule is CC(C)[P+](C)(c1ccccc1)c1ccccc1. The van der Waals surface area contributed by atoms with Crippen LogP contribution in [0.1, 0.15) is 13.8 Å². The molecule has 0 bridgehead atoms. The molecule has 1 heteroatoms. The van der Waals surface area contributed by atoms with E-state index in [9.17, 15) is 0 Å². The van der Waals surface area contributed by atoms with Gasteiger partial charge in [0.25, 0.3) is 0 Å². The lowest BCUT2D eigenvalue weighted by Gasteiger charge is -2.26. The Morgan fingerprint density at radius 1 is 0.706 bits per heavy atom. The van der Waals surface area contributed by atoms with Crippen molar-refractivity contribution < 1.29 is 0 Å². The summed E-state index contributed by atoms with van der Waals surface area (Å²) in [7, 11) is -1.25. The van der Waals surface area contributed by atoms with Crippen molar-refractivity contribution in [3.8, 4) is 0 Å². The van der Waals surface area contributed by atoms with Crippen LogP contribution >= 0.6 is 7.26 Å². The van der Waals surface area contributed by atoms with Crippen molar-refractivity contribution in [1.82, 2.24) is 0 Å². The third-order valence-corrected chi connectivity index (χ3v) is 8.43. The van der Waals surface area contributed by atoms with Crippen molar-refractivity contribution in [1.29, 1.82) is 0 Å². The molecule has 0 nitrogen and oxygen atoms in total. The van der Waals surface area contributed by atoms with Gasteiger partial charge in [-0.05, 0) is 38.1 Å². The van der Waals surface area contributed by atoms with Crippen molar-refractivity contribution in [2.75, 3.05) is 6.66 Å². The Kier molecular flexibility index (Phi) is 3.64. The smallest absolute Gasteiger partial charge is 0.0620 e. The highest BCUT2D eigenvalue weighted by atomic mass is 31.2. The van der Waals surface area contributed by atoms with E-state index in [1.165, 1.54) is 10.6 Å². The van der Waals surface area contributed by atoms with E-state index in [0.717, 1.165) is 0 Å². The lowest BCUT2D eigenvalue weighted by atomic mass is 10.4. The number of hydrogen-bond donors (Lipinski definition) is 0. The molecular formula is C16H20P+. The van der Waals surface area contributed by atoms with E-state index >= 15 is 0 Å². The molecule has 0 atom stereocenters. The molecule has 0 saturated heterocycles. The lowest BCUT2D eigenvalue weighted by molar-refractivity contribution is 1.09. The Bertz CT molecular complexity index is 420. The van der Waals surface area contributed by atoms with Crippen LogP contribution in [0.3, 0.4) is 0 Å². The topological polar surface area (TPSA) is 0 Å². The van der Waals surface area contributed by atoms with E-state index in [2.05, 4.69) is 81.2 Å². The second-order valence-corrected chi connectivity index (χ2v) is 9.06. The lowest BCUT2D eigenvalue weighted by Crippen LogP contribution is -2.27. The average molecular weight is 243 g/mol. The molecule has 0 aliphatic heterocycles. The summed E-state index contributed by atoms with van der Waals surface area (Å²) < 4.78 is 0. The van der Waals surface area contributed by atoms with Crippen LogP contribution in [-0.4, -0.2) is 12.3 Å². The van der Waals surface area contributed by atoms with Gasteiger partial charge in [0.1, 0.15) is 0 Å². The fraction of sp³-hybridized carbons (Fsp3) is 0.250. The summed E-state index contributed by atoms with van der Waals surface area (Å²) >= 11 is 0. The Morgan fingerprint density at radius 3 is 1.35 bits per heavy atom. The minimum Gasteiger partial charge on any atom is -0.0620 e. The van der Waals surface area contributed by atoms with Gasteiger partial charge in [-0.2, -0.15) is 0 Å². The van der Waals surface area contributed by atoms with Gasteiger partial charge in [-0.15, -0.1) is 0 Å². The molecule has 2 rings (SSSR count). The molecule has 0 amide bonds. The molecule has 2 aromatic carbocycles. The zero-order valence-corrected chi connectivity index (χ0v) is 11.7. The molecule has 0 heterocycles. The highest BCUT2D eigenvalue weighted by Crippen LogP contribution is 2.56. The summed E-state index contributed by atoms with van der Waals surface area (Å²) in [6, 6.07) is 21.9. The largest absolute Gasteiger partial charge is 0.0991 e.